The second-order valence-electron chi connectivity index (χ2n) is 3.08. The van der Waals surface area contributed by atoms with E-state index in [4.69, 9.17) is 10.8 Å². The van der Waals surface area contributed by atoms with Gasteiger partial charge in [-0.1, -0.05) is 13.8 Å². The molecule has 5 heteroatoms. The largest absolute Gasteiger partial charge is 0.394 e. The molecule has 0 heterocycles. The molecule has 0 aliphatic rings. The Morgan fingerprint density at radius 2 is 2.17 bits per heavy atom. The van der Waals surface area contributed by atoms with E-state index in [1.807, 2.05) is 0 Å². The fourth-order valence-corrected chi connectivity index (χ4v) is 1.57. The molecule has 4 nitrogen and oxygen atoms in total. The van der Waals surface area contributed by atoms with E-state index in [9.17, 15) is 9.00 Å². The van der Waals surface area contributed by atoms with E-state index < -0.39 is 22.9 Å². The van der Waals surface area contributed by atoms with Crippen LogP contribution in [-0.2, 0) is 15.6 Å². The molecule has 0 aliphatic carbocycles. The number of carbonyl (C=O) groups is 1. The molecule has 0 aromatic carbocycles. The Morgan fingerprint density at radius 3 is 2.42 bits per heavy atom. The van der Waals surface area contributed by atoms with Gasteiger partial charge in [0.15, 0.2) is 0 Å². The lowest BCUT2D eigenvalue weighted by atomic mass is 10.1. The number of hydrogen-bond acceptors (Lipinski definition) is 4. The summed E-state index contributed by atoms with van der Waals surface area (Å²) in [6.07, 6.45) is 0.452. The van der Waals surface area contributed by atoms with Crippen LogP contribution >= 0.6 is 0 Å². The molecule has 3 N–H and O–H groups in total. The van der Waals surface area contributed by atoms with Crippen LogP contribution in [0.15, 0.2) is 0 Å². The minimum atomic E-state index is -1.34. The Hall–Kier alpha value is -0.260. The van der Waals surface area contributed by atoms with Gasteiger partial charge >= 0.3 is 0 Å². The minimum absolute atomic E-state index is 0.0185. The summed E-state index contributed by atoms with van der Waals surface area (Å²) < 4.78 is 11.2. The monoisotopic (exact) mass is 193 g/mol. The first-order valence-electron chi connectivity index (χ1n) is 3.68. The van der Waals surface area contributed by atoms with E-state index in [1.165, 1.54) is 0 Å². The molecular weight excluding hydrogens is 178 g/mol. The zero-order chi connectivity index (χ0) is 9.78. The number of aliphatic hydroxyl groups excluding tert-OH is 1. The molecule has 2 atom stereocenters. The Labute approximate surface area is 74.6 Å². The van der Waals surface area contributed by atoms with Crippen LogP contribution in [0.5, 0.6) is 0 Å². The van der Waals surface area contributed by atoms with Gasteiger partial charge in [-0.2, -0.15) is 0 Å². The van der Waals surface area contributed by atoms with E-state index in [1.54, 1.807) is 13.8 Å². The molecule has 0 fully saturated rings. The second-order valence-corrected chi connectivity index (χ2v) is 5.08. The van der Waals surface area contributed by atoms with Crippen LogP contribution in [0.25, 0.3) is 0 Å². The zero-order valence-electron chi connectivity index (χ0n) is 7.32. The summed E-state index contributed by atoms with van der Waals surface area (Å²) in [5.41, 5.74) is 4.09. The second kappa shape index (κ2) is 4.69. The van der Waals surface area contributed by atoms with Gasteiger partial charge in [0.05, 0.1) is 12.4 Å². The normalized spacial score (nSPS) is 18.8. The number of carbonyl (C=O) groups excluding carboxylic acids is 1. The standard InChI is InChI=1S/C7H15NO3S/c1-6(2)12(11)5-7(8,3-9)4-10/h3,6,10H,4-5,8H2,1-2H3/t7-,12?/m1/s1. The average Bonchev–Trinajstić information content (AvgIpc) is 2.04. The van der Waals surface area contributed by atoms with Crippen molar-refractivity contribution in [3.8, 4) is 0 Å². The fraction of sp³-hybridized carbons (Fsp3) is 0.857. The van der Waals surface area contributed by atoms with Crippen LogP contribution in [-0.4, -0.2) is 38.8 Å². The predicted molar refractivity (Wildman–Crippen MR) is 48.2 cm³/mol. The maximum Gasteiger partial charge on any atom is 0.143 e. The highest BCUT2D eigenvalue weighted by atomic mass is 32.2. The maximum absolute atomic E-state index is 11.2. The average molecular weight is 193 g/mol. The van der Waals surface area contributed by atoms with Gasteiger partial charge in [0.25, 0.3) is 0 Å². The topological polar surface area (TPSA) is 80.4 Å². The van der Waals surface area contributed by atoms with Crippen molar-refractivity contribution in [2.24, 2.45) is 5.73 Å². The first-order chi connectivity index (χ1) is 5.45. The van der Waals surface area contributed by atoms with E-state index in [2.05, 4.69) is 0 Å². The third-order valence-corrected chi connectivity index (χ3v) is 3.34. The van der Waals surface area contributed by atoms with E-state index in [0.29, 0.717) is 6.29 Å². The van der Waals surface area contributed by atoms with Crippen LogP contribution < -0.4 is 5.73 Å². The molecule has 0 saturated carbocycles. The van der Waals surface area contributed by atoms with Crippen LogP contribution in [0.3, 0.4) is 0 Å². The van der Waals surface area contributed by atoms with E-state index >= 15 is 0 Å². The van der Waals surface area contributed by atoms with Crippen molar-refractivity contribution < 1.29 is 14.1 Å². The summed E-state index contributed by atoms with van der Waals surface area (Å²) in [5, 5.41) is 8.68. The van der Waals surface area contributed by atoms with Crippen molar-refractivity contribution in [3.05, 3.63) is 0 Å². The number of aliphatic hydroxyl groups is 1. The molecule has 0 aromatic heterocycles. The Balaban J connectivity index is 4.21. The lowest BCUT2D eigenvalue weighted by Gasteiger charge is -2.20. The Kier molecular flexibility index (Phi) is 4.59. The number of hydrogen-bond donors (Lipinski definition) is 2. The van der Waals surface area contributed by atoms with Crippen LogP contribution in [0.4, 0.5) is 0 Å². The first kappa shape index (κ1) is 11.7. The summed E-state index contributed by atoms with van der Waals surface area (Å²) >= 11 is 0. The lowest BCUT2D eigenvalue weighted by Crippen LogP contribution is -2.50. The fourth-order valence-electron chi connectivity index (χ4n) is 0.548. The highest BCUT2D eigenvalue weighted by Gasteiger charge is 2.27. The molecule has 12 heavy (non-hydrogen) atoms. The summed E-state index contributed by atoms with van der Waals surface area (Å²) in [6, 6.07) is 0. The van der Waals surface area contributed by atoms with Crippen molar-refractivity contribution in [1.29, 1.82) is 0 Å². The number of aldehydes is 1. The molecule has 0 rings (SSSR count). The first-order valence-corrected chi connectivity index (χ1v) is 5.06. The van der Waals surface area contributed by atoms with Crippen molar-refractivity contribution in [3.63, 3.8) is 0 Å². The highest BCUT2D eigenvalue weighted by Crippen LogP contribution is 2.03. The zero-order valence-corrected chi connectivity index (χ0v) is 8.13. The molecule has 0 radical (unpaired) electrons. The Bertz CT molecular complexity index is 183. The molecule has 0 saturated heterocycles. The SMILES string of the molecule is CC(C)S(=O)C[C@@](N)(C=O)CO. The van der Waals surface area contributed by atoms with E-state index in [0.717, 1.165) is 0 Å². The highest BCUT2D eigenvalue weighted by molar-refractivity contribution is 7.85. The Morgan fingerprint density at radius 1 is 1.67 bits per heavy atom. The molecule has 0 amide bonds. The summed E-state index contributed by atoms with van der Waals surface area (Å²) in [7, 11) is -1.16. The van der Waals surface area contributed by atoms with Crippen molar-refractivity contribution >= 4 is 17.1 Å². The molecule has 72 valence electrons. The quantitative estimate of drug-likeness (QED) is 0.551. The van der Waals surface area contributed by atoms with Crippen molar-refractivity contribution in [2.75, 3.05) is 12.4 Å². The smallest absolute Gasteiger partial charge is 0.143 e. The lowest BCUT2D eigenvalue weighted by molar-refractivity contribution is -0.112. The predicted octanol–water partition coefficient (Wildman–Crippen LogP) is -0.968. The summed E-state index contributed by atoms with van der Waals surface area (Å²) in [4.78, 5) is 10.4. The van der Waals surface area contributed by atoms with Gasteiger partial charge in [0.2, 0.25) is 0 Å². The van der Waals surface area contributed by atoms with Crippen LogP contribution in [0.1, 0.15) is 13.8 Å². The molecule has 0 aliphatic heterocycles. The van der Waals surface area contributed by atoms with Gasteiger partial charge in [-0.3, -0.25) is 4.21 Å². The van der Waals surface area contributed by atoms with Crippen molar-refractivity contribution in [2.45, 2.75) is 24.6 Å². The van der Waals surface area contributed by atoms with Crippen LogP contribution in [0, 0.1) is 0 Å². The number of nitrogens with two attached hydrogens (primary N) is 1. The summed E-state index contributed by atoms with van der Waals surface area (Å²) in [5.74, 6) is 0.0185. The van der Waals surface area contributed by atoms with Gasteiger partial charge in [0, 0.05) is 16.0 Å². The molecule has 0 bridgehead atoms. The molecule has 0 aromatic rings. The molecule has 0 spiro atoms. The van der Waals surface area contributed by atoms with Gasteiger partial charge in [-0.15, -0.1) is 0 Å². The van der Waals surface area contributed by atoms with Crippen molar-refractivity contribution in [1.82, 2.24) is 0 Å². The third kappa shape index (κ3) is 3.42. The van der Waals surface area contributed by atoms with Crippen LogP contribution in [0.2, 0.25) is 0 Å². The van der Waals surface area contributed by atoms with Gasteiger partial charge in [0.1, 0.15) is 11.8 Å². The van der Waals surface area contributed by atoms with Gasteiger partial charge < -0.3 is 15.6 Å². The van der Waals surface area contributed by atoms with Gasteiger partial charge in [-0.25, -0.2) is 0 Å². The van der Waals surface area contributed by atoms with E-state index in [-0.39, 0.29) is 11.0 Å². The molecular formula is C7H15NO3S. The van der Waals surface area contributed by atoms with Gasteiger partial charge in [-0.05, 0) is 0 Å². The maximum atomic E-state index is 11.2. The molecule has 1 unspecified atom stereocenters. The summed E-state index contributed by atoms with van der Waals surface area (Å²) in [6.45, 7) is 3.09. The number of rotatable bonds is 5. The third-order valence-electron chi connectivity index (χ3n) is 1.47. The minimum Gasteiger partial charge on any atom is -0.394 e.